The normalized spacial score (nSPS) is 12.5. The third kappa shape index (κ3) is 2.08. The molecule has 0 radical (unpaired) electrons. The molecule has 88 valence electrons. The largest absolute Gasteiger partial charge is 0.399 e. The monoisotopic (exact) mass is 253 g/mol. The molecule has 0 saturated carbocycles. The van der Waals surface area contributed by atoms with Crippen LogP contribution in [0.2, 0.25) is 0 Å². The lowest BCUT2D eigenvalue weighted by atomic mass is 10.2. The Hall–Kier alpha value is -1.37. The zero-order chi connectivity index (χ0) is 12.6. The van der Waals surface area contributed by atoms with Crippen LogP contribution in [0.3, 0.4) is 0 Å². The van der Waals surface area contributed by atoms with E-state index in [1.165, 1.54) is 0 Å². The molecule has 0 bridgehead atoms. The zero-order valence-electron chi connectivity index (χ0n) is 7.58. The van der Waals surface area contributed by atoms with Crippen molar-refractivity contribution in [2.24, 2.45) is 0 Å². The Kier molecular flexibility index (Phi) is 3.09. The Bertz CT molecular complexity index is 472. The van der Waals surface area contributed by atoms with Crippen molar-refractivity contribution in [3.05, 3.63) is 39.9 Å². The molecular formula is C7H6F2NO5P. The molecule has 16 heavy (non-hydrogen) atoms. The number of nitrogens with zero attached hydrogens (tertiary/aromatic N) is 1. The maximum Gasteiger partial charge on any atom is 0.399 e. The molecule has 6 nitrogen and oxygen atoms in total. The summed E-state index contributed by atoms with van der Waals surface area (Å²) in [5.74, 6) is 0. The summed E-state index contributed by atoms with van der Waals surface area (Å²) >= 11 is 0. The summed E-state index contributed by atoms with van der Waals surface area (Å²) < 4.78 is 37.0. The van der Waals surface area contributed by atoms with E-state index in [0.717, 1.165) is 18.2 Å². The second-order valence-corrected chi connectivity index (χ2v) is 4.51. The maximum atomic E-state index is 13.2. The summed E-state index contributed by atoms with van der Waals surface area (Å²) in [6.07, 6.45) is 0. The predicted molar refractivity (Wildman–Crippen MR) is 49.0 cm³/mol. The van der Waals surface area contributed by atoms with Crippen LogP contribution in [0.4, 0.5) is 14.5 Å². The van der Waals surface area contributed by atoms with Crippen molar-refractivity contribution in [3.8, 4) is 0 Å². The number of benzene rings is 1. The summed E-state index contributed by atoms with van der Waals surface area (Å²) in [7, 11) is -5.79. The van der Waals surface area contributed by atoms with Crippen LogP contribution < -0.4 is 0 Å². The van der Waals surface area contributed by atoms with Gasteiger partial charge in [-0.05, 0) is 6.07 Å². The van der Waals surface area contributed by atoms with Crippen LogP contribution in [0.15, 0.2) is 24.3 Å². The molecule has 0 fully saturated rings. The van der Waals surface area contributed by atoms with Crippen LogP contribution in [0.1, 0.15) is 5.56 Å². The van der Waals surface area contributed by atoms with Gasteiger partial charge in [0.05, 0.1) is 4.92 Å². The zero-order valence-corrected chi connectivity index (χ0v) is 8.47. The summed E-state index contributed by atoms with van der Waals surface area (Å²) in [6, 6.07) is 3.51. The van der Waals surface area contributed by atoms with E-state index in [1.807, 2.05) is 0 Å². The van der Waals surface area contributed by atoms with E-state index >= 15 is 0 Å². The fraction of sp³-hybridized carbons (Fsp3) is 0.143. The van der Waals surface area contributed by atoms with Gasteiger partial charge in [0, 0.05) is 6.07 Å². The first-order valence-corrected chi connectivity index (χ1v) is 5.46. The van der Waals surface area contributed by atoms with Crippen LogP contribution in [0.25, 0.3) is 0 Å². The highest BCUT2D eigenvalue weighted by Gasteiger charge is 2.53. The van der Waals surface area contributed by atoms with Crippen LogP contribution >= 0.6 is 7.60 Å². The first-order chi connectivity index (χ1) is 7.18. The number of nitro groups is 1. The van der Waals surface area contributed by atoms with Gasteiger partial charge in [-0.15, -0.1) is 0 Å². The molecule has 0 atom stereocenters. The molecule has 0 unspecified atom stereocenters. The Morgan fingerprint density at radius 1 is 1.31 bits per heavy atom. The Labute approximate surface area is 87.8 Å². The van der Waals surface area contributed by atoms with Crippen molar-refractivity contribution in [2.45, 2.75) is 5.66 Å². The van der Waals surface area contributed by atoms with Gasteiger partial charge in [0.15, 0.2) is 0 Å². The second kappa shape index (κ2) is 3.89. The fourth-order valence-electron chi connectivity index (χ4n) is 1.04. The van der Waals surface area contributed by atoms with E-state index in [2.05, 4.69) is 0 Å². The van der Waals surface area contributed by atoms with Gasteiger partial charge >= 0.3 is 13.3 Å². The molecule has 0 saturated heterocycles. The quantitative estimate of drug-likeness (QED) is 0.486. The van der Waals surface area contributed by atoms with E-state index in [-0.39, 0.29) is 0 Å². The van der Waals surface area contributed by atoms with Gasteiger partial charge in [-0.2, -0.15) is 8.78 Å². The van der Waals surface area contributed by atoms with E-state index in [9.17, 15) is 23.5 Å². The van der Waals surface area contributed by atoms with Gasteiger partial charge in [0.25, 0.3) is 5.69 Å². The molecule has 2 N–H and O–H groups in total. The number of alkyl halides is 2. The smallest absolute Gasteiger partial charge is 0.320 e. The molecule has 1 aromatic carbocycles. The number of para-hydroxylation sites is 1. The average molecular weight is 253 g/mol. The standard InChI is InChI=1S/C7H6F2NO5P/c8-7(9,16(13,14)15)5-3-1-2-4-6(5)10(11)12/h1-4H,(H2,13,14,15). The van der Waals surface area contributed by atoms with E-state index in [4.69, 9.17) is 9.79 Å². The first-order valence-electron chi connectivity index (χ1n) is 3.85. The van der Waals surface area contributed by atoms with E-state index in [0.29, 0.717) is 6.07 Å². The summed E-state index contributed by atoms with van der Waals surface area (Å²) in [6.45, 7) is 0. The number of nitro benzene ring substituents is 1. The minimum absolute atomic E-state index is 0.608. The highest BCUT2D eigenvalue weighted by molar-refractivity contribution is 7.52. The number of hydrogen-bond donors (Lipinski definition) is 2. The molecule has 0 heterocycles. The minimum Gasteiger partial charge on any atom is -0.320 e. The second-order valence-electron chi connectivity index (χ2n) is 2.86. The van der Waals surface area contributed by atoms with E-state index < -0.39 is 29.4 Å². The summed E-state index contributed by atoms with van der Waals surface area (Å²) in [5, 5.41) is 10.4. The third-order valence-corrected chi connectivity index (χ3v) is 2.76. The topological polar surface area (TPSA) is 101 Å². The van der Waals surface area contributed by atoms with Crippen molar-refractivity contribution in [1.82, 2.24) is 0 Å². The molecule has 0 aliphatic carbocycles. The highest BCUT2D eigenvalue weighted by atomic mass is 31.2. The van der Waals surface area contributed by atoms with Crippen LogP contribution in [-0.2, 0) is 10.2 Å². The van der Waals surface area contributed by atoms with Gasteiger partial charge in [-0.1, -0.05) is 12.1 Å². The van der Waals surface area contributed by atoms with Crippen molar-refractivity contribution in [3.63, 3.8) is 0 Å². The SMILES string of the molecule is O=[N+]([O-])c1ccccc1C(F)(F)P(=O)(O)O. The molecule has 0 aliphatic rings. The molecule has 9 heteroatoms. The summed E-state index contributed by atoms with van der Waals surface area (Å²) in [5.41, 5.74) is -6.90. The number of rotatable bonds is 3. The highest BCUT2D eigenvalue weighted by Crippen LogP contribution is 2.60. The fourth-order valence-corrected chi connectivity index (χ4v) is 1.55. The predicted octanol–water partition coefficient (Wildman–Crippen LogP) is 1.82. The minimum atomic E-state index is -5.79. The molecule has 0 amide bonds. The first kappa shape index (κ1) is 12.7. The van der Waals surface area contributed by atoms with Crippen molar-refractivity contribution < 1.29 is 28.1 Å². The Balaban J connectivity index is 3.45. The lowest BCUT2D eigenvalue weighted by Crippen LogP contribution is -2.15. The van der Waals surface area contributed by atoms with Crippen LogP contribution in [0.5, 0.6) is 0 Å². The lowest BCUT2D eigenvalue weighted by Gasteiger charge is -2.17. The lowest BCUT2D eigenvalue weighted by molar-refractivity contribution is -0.386. The van der Waals surface area contributed by atoms with Gasteiger partial charge in [0.2, 0.25) is 0 Å². The molecular weight excluding hydrogens is 247 g/mol. The summed E-state index contributed by atoms with van der Waals surface area (Å²) in [4.78, 5) is 26.2. The van der Waals surface area contributed by atoms with Gasteiger partial charge in [0.1, 0.15) is 5.56 Å². The van der Waals surface area contributed by atoms with Gasteiger partial charge in [-0.25, -0.2) is 0 Å². The average Bonchev–Trinajstić information content (AvgIpc) is 2.16. The van der Waals surface area contributed by atoms with Gasteiger partial charge < -0.3 is 9.79 Å². The van der Waals surface area contributed by atoms with E-state index in [1.54, 1.807) is 0 Å². The molecule has 0 aromatic heterocycles. The van der Waals surface area contributed by atoms with Gasteiger partial charge in [-0.3, -0.25) is 14.7 Å². The van der Waals surface area contributed by atoms with Crippen molar-refractivity contribution in [2.75, 3.05) is 0 Å². The third-order valence-electron chi connectivity index (χ3n) is 1.79. The Morgan fingerprint density at radius 3 is 2.25 bits per heavy atom. The number of hydrogen-bond acceptors (Lipinski definition) is 3. The molecule has 1 rings (SSSR count). The number of halogens is 2. The van der Waals surface area contributed by atoms with Crippen molar-refractivity contribution >= 4 is 13.3 Å². The van der Waals surface area contributed by atoms with Crippen LogP contribution in [0, 0.1) is 10.1 Å². The molecule has 0 spiro atoms. The maximum absolute atomic E-state index is 13.2. The van der Waals surface area contributed by atoms with Crippen LogP contribution in [-0.4, -0.2) is 14.7 Å². The molecule has 1 aromatic rings. The van der Waals surface area contributed by atoms with Crippen molar-refractivity contribution in [1.29, 1.82) is 0 Å². The Morgan fingerprint density at radius 2 is 1.81 bits per heavy atom. The molecule has 0 aliphatic heterocycles.